The molecule has 1 N–H and O–H groups in total. The first-order valence-electron chi connectivity index (χ1n) is 7.32. The lowest BCUT2D eigenvalue weighted by molar-refractivity contribution is -0.115. The van der Waals surface area contributed by atoms with Gasteiger partial charge in [-0.2, -0.15) is 0 Å². The Balaban J connectivity index is 1.76. The number of hydrogen-bond donors (Lipinski definition) is 1. The van der Waals surface area contributed by atoms with Crippen molar-refractivity contribution >= 4 is 11.6 Å². The van der Waals surface area contributed by atoms with E-state index >= 15 is 0 Å². The van der Waals surface area contributed by atoms with Crippen LogP contribution in [0.5, 0.6) is 0 Å². The Morgan fingerprint density at radius 2 is 1.91 bits per heavy atom. The maximum absolute atomic E-state index is 12.3. The summed E-state index contributed by atoms with van der Waals surface area (Å²) in [5, 5.41) is 14.1. The summed E-state index contributed by atoms with van der Waals surface area (Å²) in [4.78, 5) is 12.3. The number of amides is 1. The molecule has 0 aliphatic heterocycles. The van der Waals surface area contributed by atoms with Crippen LogP contribution in [0.15, 0.2) is 48.8 Å². The molecule has 6 nitrogen and oxygen atoms in total. The third-order valence-corrected chi connectivity index (χ3v) is 3.66. The Labute approximate surface area is 134 Å². The normalized spacial score (nSPS) is 10.5. The molecule has 0 saturated carbocycles. The third-order valence-electron chi connectivity index (χ3n) is 3.66. The van der Waals surface area contributed by atoms with Crippen molar-refractivity contribution in [3.05, 3.63) is 65.5 Å². The molecule has 0 fully saturated rings. The molecular weight excluding hydrogens is 290 g/mol. The van der Waals surface area contributed by atoms with Crippen LogP contribution in [0.3, 0.4) is 0 Å². The first-order chi connectivity index (χ1) is 11.1. The predicted octanol–water partition coefficient (Wildman–Crippen LogP) is 2.46. The maximum Gasteiger partial charge on any atom is 0.228 e. The van der Waals surface area contributed by atoms with E-state index in [-0.39, 0.29) is 5.91 Å². The number of carbonyl (C=O) groups is 1. The van der Waals surface area contributed by atoms with Crippen LogP contribution in [0.1, 0.15) is 16.7 Å². The minimum Gasteiger partial charge on any atom is -0.325 e. The zero-order chi connectivity index (χ0) is 16.2. The SMILES string of the molecule is Cc1ccc(CC(=O)Nc2cccc(-n3cnnn3)c2C)cc1. The summed E-state index contributed by atoms with van der Waals surface area (Å²) in [5.41, 5.74) is 4.68. The van der Waals surface area contributed by atoms with Crippen molar-refractivity contribution in [1.82, 2.24) is 20.2 Å². The Morgan fingerprint density at radius 1 is 1.13 bits per heavy atom. The Kier molecular flexibility index (Phi) is 4.14. The number of aromatic nitrogens is 4. The van der Waals surface area contributed by atoms with E-state index in [9.17, 15) is 4.79 Å². The van der Waals surface area contributed by atoms with E-state index in [4.69, 9.17) is 0 Å². The molecule has 3 rings (SSSR count). The quantitative estimate of drug-likeness (QED) is 0.803. The van der Waals surface area contributed by atoms with Gasteiger partial charge in [-0.15, -0.1) is 5.10 Å². The molecule has 1 heterocycles. The van der Waals surface area contributed by atoms with E-state index in [1.807, 2.05) is 56.3 Å². The van der Waals surface area contributed by atoms with Crippen molar-refractivity contribution in [1.29, 1.82) is 0 Å². The van der Waals surface area contributed by atoms with Crippen LogP contribution in [0.2, 0.25) is 0 Å². The number of aryl methyl sites for hydroxylation is 1. The highest BCUT2D eigenvalue weighted by molar-refractivity contribution is 5.93. The second-order valence-corrected chi connectivity index (χ2v) is 5.41. The second-order valence-electron chi connectivity index (χ2n) is 5.41. The van der Waals surface area contributed by atoms with Gasteiger partial charge in [0.1, 0.15) is 6.33 Å². The minimum absolute atomic E-state index is 0.0502. The number of nitrogens with one attached hydrogen (secondary N) is 1. The van der Waals surface area contributed by atoms with Crippen LogP contribution in [-0.4, -0.2) is 26.1 Å². The smallest absolute Gasteiger partial charge is 0.228 e. The first-order valence-corrected chi connectivity index (χ1v) is 7.32. The monoisotopic (exact) mass is 307 g/mol. The largest absolute Gasteiger partial charge is 0.325 e. The topological polar surface area (TPSA) is 72.7 Å². The molecule has 116 valence electrons. The van der Waals surface area contributed by atoms with Crippen molar-refractivity contribution in [2.24, 2.45) is 0 Å². The predicted molar refractivity (Wildman–Crippen MR) is 87.4 cm³/mol. The number of hydrogen-bond acceptors (Lipinski definition) is 4. The summed E-state index contributed by atoms with van der Waals surface area (Å²) < 4.78 is 1.57. The second kappa shape index (κ2) is 6.39. The molecule has 6 heteroatoms. The number of benzene rings is 2. The van der Waals surface area contributed by atoms with Gasteiger partial charge in [-0.05, 0) is 47.5 Å². The van der Waals surface area contributed by atoms with Crippen LogP contribution in [0, 0.1) is 13.8 Å². The summed E-state index contributed by atoms with van der Waals surface area (Å²) in [6.45, 7) is 3.95. The fraction of sp³-hybridized carbons (Fsp3) is 0.176. The molecular formula is C17H17N5O. The average molecular weight is 307 g/mol. The van der Waals surface area contributed by atoms with E-state index < -0.39 is 0 Å². The lowest BCUT2D eigenvalue weighted by atomic mass is 10.1. The summed E-state index contributed by atoms with van der Waals surface area (Å²) in [6.07, 6.45) is 1.87. The van der Waals surface area contributed by atoms with Crippen molar-refractivity contribution in [2.45, 2.75) is 20.3 Å². The van der Waals surface area contributed by atoms with Crippen LogP contribution in [0.4, 0.5) is 5.69 Å². The van der Waals surface area contributed by atoms with Gasteiger partial charge in [-0.25, -0.2) is 4.68 Å². The number of tetrazole rings is 1. The summed E-state index contributed by atoms with van der Waals surface area (Å²) >= 11 is 0. The molecule has 1 aromatic heterocycles. The van der Waals surface area contributed by atoms with Crippen molar-refractivity contribution in [3.8, 4) is 5.69 Å². The van der Waals surface area contributed by atoms with Gasteiger partial charge in [0.25, 0.3) is 0 Å². The fourth-order valence-electron chi connectivity index (χ4n) is 2.36. The first kappa shape index (κ1) is 14.9. The number of carbonyl (C=O) groups excluding carboxylic acids is 1. The van der Waals surface area contributed by atoms with Gasteiger partial charge in [0.2, 0.25) is 5.91 Å². The molecule has 0 spiro atoms. The minimum atomic E-state index is -0.0502. The van der Waals surface area contributed by atoms with E-state index in [0.717, 1.165) is 22.5 Å². The fourth-order valence-corrected chi connectivity index (χ4v) is 2.36. The average Bonchev–Trinajstić information content (AvgIpc) is 3.06. The standard InChI is InChI=1S/C17H17N5O/c1-12-6-8-14(9-7-12)10-17(23)19-15-4-3-5-16(13(15)2)22-11-18-20-21-22/h3-9,11H,10H2,1-2H3,(H,19,23). The molecule has 0 aliphatic rings. The lowest BCUT2D eigenvalue weighted by Crippen LogP contribution is -2.15. The molecule has 3 aromatic rings. The summed E-state index contributed by atoms with van der Waals surface area (Å²) in [7, 11) is 0. The zero-order valence-electron chi connectivity index (χ0n) is 13.0. The highest BCUT2D eigenvalue weighted by Crippen LogP contribution is 2.21. The molecule has 0 radical (unpaired) electrons. The van der Waals surface area contributed by atoms with Crippen LogP contribution < -0.4 is 5.32 Å². The van der Waals surface area contributed by atoms with Gasteiger partial charge in [-0.1, -0.05) is 35.9 Å². The van der Waals surface area contributed by atoms with E-state index in [1.54, 1.807) is 4.68 Å². The summed E-state index contributed by atoms with van der Waals surface area (Å²) in [5.74, 6) is -0.0502. The Bertz CT molecular complexity index is 810. The maximum atomic E-state index is 12.3. The van der Waals surface area contributed by atoms with E-state index in [2.05, 4.69) is 20.8 Å². The molecule has 0 saturated heterocycles. The highest BCUT2D eigenvalue weighted by atomic mass is 16.1. The molecule has 0 atom stereocenters. The number of nitrogens with zero attached hydrogens (tertiary/aromatic N) is 4. The van der Waals surface area contributed by atoms with Gasteiger partial charge >= 0.3 is 0 Å². The van der Waals surface area contributed by atoms with Gasteiger partial charge in [0, 0.05) is 5.69 Å². The molecule has 0 aliphatic carbocycles. The van der Waals surface area contributed by atoms with Gasteiger partial charge in [0.05, 0.1) is 12.1 Å². The molecule has 23 heavy (non-hydrogen) atoms. The van der Waals surface area contributed by atoms with Crippen LogP contribution in [0.25, 0.3) is 5.69 Å². The highest BCUT2D eigenvalue weighted by Gasteiger charge is 2.10. The summed E-state index contributed by atoms with van der Waals surface area (Å²) in [6, 6.07) is 13.6. The molecule has 1 amide bonds. The molecule has 0 unspecified atom stereocenters. The van der Waals surface area contributed by atoms with E-state index in [1.165, 1.54) is 11.9 Å². The molecule has 0 bridgehead atoms. The molecule has 2 aromatic carbocycles. The van der Waals surface area contributed by atoms with Gasteiger partial charge < -0.3 is 5.32 Å². The van der Waals surface area contributed by atoms with Crippen LogP contribution in [-0.2, 0) is 11.2 Å². The lowest BCUT2D eigenvalue weighted by Gasteiger charge is -2.12. The van der Waals surface area contributed by atoms with E-state index in [0.29, 0.717) is 6.42 Å². The van der Waals surface area contributed by atoms with Crippen molar-refractivity contribution < 1.29 is 4.79 Å². The van der Waals surface area contributed by atoms with Gasteiger partial charge in [0.15, 0.2) is 0 Å². The van der Waals surface area contributed by atoms with Crippen molar-refractivity contribution in [3.63, 3.8) is 0 Å². The van der Waals surface area contributed by atoms with Crippen molar-refractivity contribution in [2.75, 3.05) is 5.32 Å². The van der Waals surface area contributed by atoms with Gasteiger partial charge in [-0.3, -0.25) is 4.79 Å². The number of anilines is 1. The Hall–Kier alpha value is -3.02. The third kappa shape index (κ3) is 3.42. The zero-order valence-corrected chi connectivity index (χ0v) is 13.0. The van der Waals surface area contributed by atoms with Crippen LogP contribution >= 0.6 is 0 Å². The Morgan fingerprint density at radius 3 is 2.61 bits per heavy atom. The number of rotatable bonds is 4.